The summed E-state index contributed by atoms with van der Waals surface area (Å²) in [7, 11) is 1.43. The minimum absolute atomic E-state index is 0.00719. The Bertz CT molecular complexity index is 1290. The molecular formula is C24H23BrClNO6. The molecule has 1 N–H and O–H groups in total. The van der Waals surface area contributed by atoms with E-state index in [-0.39, 0.29) is 40.3 Å². The van der Waals surface area contributed by atoms with E-state index in [0.717, 1.165) is 0 Å². The van der Waals surface area contributed by atoms with Gasteiger partial charge >= 0.3 is 0 Å². The second-order valence-electron chi connectivity index (χ2n) is 8.04. The van der Waals surface area contributed by atoms with Gasteiger partial charge in [-0.1, -0.05) is 11.6 Å². The SMILES string of the molecule is COc1cc(C2c3c(oc4ccc(Cl)cc4c3=O)C(=O)N2CCCOC(C)C)cc(Br)c1O. The lowest BCUT2D eigenvalue weighted by Crippen LogP contribution is -2.31. The fraction of sp³-hybridized carbons (Fsp3) is 0.333. The molecule has 0 aliphatic carbocycles. The molecule has 2 heterocycles. The Kier molecular flexibility index (Phi) is 6.70. The summed E-state index contributed by atoms with van der Waals surface area (Å²) in [6.45, 7) is 4.70. The van der Waals surface area contributed by atoms with Gasteiger partial charge < -0.3 is 23.9 Å². The van der Waals surface area contributed by atoms with Gasteiger partial charge in [0.05, 0.1) is 34.7 Å². The monoisotopic (exact) mass is 535 g/mol. The lowest BCUT2D eigenvalue weighted by molar-refractivity contribution is 0.0593. The van der Waals surface area contributed by atoms with E-state index in [0.29, 0.717) is 45.6 Å². The Labute approximate surface area is 204 Å². The quantitative estimate of drug-likeness (QED) is 0.413. The highest BCUT2D eigenvalue weighted by molar-refractivity contribution is 9.10. The van der Waals surface area contributed by atoms with Crippen LogP contribution in [0.15, 0.2) is 44.0 Å². The Morgan fingerprint density at radius 1 is 1.24 bits per heavy atom. The van der Waals surface area contributed by atoms with E-state index in [2.05, 4.69) is 15.9 Å². The first-order chi connectivity index (χ1) is 15.7. The third-order valence-electron chi connectivity index (χ3n) is 5.51. The molecule has 0 fully saturated rings. The van der Waals surface area contributed by atoms with Crippen molar-refractivity contribution in [1.29, 1.82) is 0 Å². The van der Waals surface area contributed by atoms with Crippen LogP contribution in [0.1, 0.15) is 48.0 Å². The standard InChI is InChI=1S/C24H23BrClNO6/c1-12(2)32-8-4-7-27-20(13-9-16(25)22(29)18(10-13)31-3)19-21(28)15-11-14(26)5-6-17(15)33-23(19)24(27)30/h5-6,9-12,20,29H,4,7-8H2,1-3H3. The molecule has 0 saturated heterocycles. The van der Waals surface area contributed by atoms with Gasteiger partial charge in [0.2, 0.25) is 5.76 Å². The average molecular weight is 537 g/mol. The van der Waals surface area contributed by atoms with Crippen molar-refractivity contribution in [3.8, 4) is 11.5 Å². The Morgan fingerprint density at radius 2 is 2.00 bits per heavy atom. The van der Waals surface area contributed by atoms with Crippen molar-refractivity contribution in [2.24, 2.45) is 0 Å². The van der Waals surface area contributed by atoms with E-state index in [9.17, 15) is 14.7 Å². The van der Waals surface area contributed by atoms with Crippen LogP contribution in [-0.2, 0) is 4.74 Å². The number of benzene rings is 2. The minimum atomic E-state index is -0.725. The van der Waals surface area contributed by atoms with Crippen molar-refractivity contribution in [3.63, 3.8) is 0 Å². The second-order valence-corrected chi connectivity index (χ2v) is 9.33. The molecule has 4 rings (SSSR count). The van der Waals surface area contributed by atoms with Gasteiger partial charge in [0.25, 0.3) is 5.91 Å². The molecule has 33 heavy (non-hydrogen) atoms. The van der Waals surface area contributed by atoms with E-state index < -0.39 is 6.04 Å². The molecule has 1 aromatic heterocycles. The van der Waals surface area contributed by atoms with Crippen molar-refractivity contribution in [1.82, 2.24) is 4.90 Å². The molecule has 1 aliphatic heterocycles. The average Bonchev–Trinajstić information content (AvgIpc) is 3.05. The number of carbonyl (C=O) groups excluding carboxylic acids is 1. The van der Waals surface area contributed by atoms with Crippen molar-refractivity contribution in [3.05, 3.63) is 66.9 Å². The molecule has 0 spiro atoms. The number of hydrogen-bond donors (Lipinski definition) is 1. The fourth-order valence-electron chi connectivity index (χ4n) is 4.03. The van der Waals surface area contributed by atoms with Gasteiger partial charge in [0.15, 0.2) is 16.9 Å². The van der Waals surface area contributed by atoms with Crippen LogP contribution in [0.25, 0.3) is 11.0 Å². The topological polar surface area (TPSA) is 89.2 Å². The Balaban J connectivity index is 1.88. The first-order valence-corrected chi connectivity index (χ1v) is 11.6. The number of aromatic hydroxyl groups is 1. The molecule has 174 valence electrons. The van der Waals surface area contributed by atoms with Gasteiger partial charge in [-0.05, 0) is 72.1 Å². The van der Waals surface area contributed by atoms with E-state index in [1.54, 1.807) is 29.2 Å². The number of ether oxygens (including phenoxy) is 2. The molecule has 7 nitrogen and oxygen atoms in total. The molecule has 0 radical (unpaired) electrons. The minimum Gasteiger partial charge on any atom is -0.503 e. The van der Waals surface area contributed by atoms with Gasteiger partial charge in [0, 0.05) is 18.2 Å². The number of carbonyl (C=O) groups is 1. The molecule has 0 saturated carbocycles. The summed E-state index contributed by atoms with van der Waals surface area (Å²) >= 11 is 9.45. The van der Waals surface area contributed by atoms with Crippen molar-refractivity contribution in [2.75, 3.05) is 20.3 Å². The molecule has 9 heteroatoms. The molecule has 1 amide bonds. The Hall–Kier alpha value is -2.55. The summed E-state index contributed by atoms with van der Waals surface area (Å²) in [4.78, 5) is 28.6. The van der Waals surface area contributed by atoms with Gasteiger partial charge in [-0.3, -0.25) is 9.59 Å². The number of nitrogens with zero attached hydrogens (tertiary/aromatic N) is 1. The number of halogens is 2. The van der Waals surface area contributed by atoms with E-state index in [4.69, 9.17) is 25.5 Å². The Morgan fingerprint density at radius 3 is 2.70 bits per heavy atom. The first kappa shape index (κ1) is 23.6. The number of hydrogen-bond acceptors (Lipinski definition) is 6. The zero-order valence-corrected chi connectivity index (χ0v) is 20.7. The third kappa shape index (κ3) is 4.35. The van der Waals surface area contributed by atoms with Gasteiger partial charge in [-0.25, -0.2) is 0 Å². The van der Waals surface area contributed by atoms with Crippen molar-refractivity contribution >= 4 is 44.4 Å². The molecule has 3 aromatic rings. The number of amides is 1. The summed E-state index contributed by atoms with van der Waals surface area (Å²) in [5.41, 5.74) is 0.808. The number of phenols is 1. The highest BCUT2D eigenvalue weighted by atomic mass is 79.9. The molecule has 0 bridgehead atoms. The predicted molar refractivity (Wildman–Crippen MR) is 128 cm³/mol. The predicted octanol–water partition coefficient (Wildman–Crippen LogP) is 5.28. The molecule has 2 aromatic carbocycles. The first-order valence-electron chi connectivity index (χ1n) is 10.5. The number of fused-ring (bicyclic) bond motifs is 2. The van der Waals surface area contributed by atoms with Crippen LogP contribution >= 0.6 is 27.5 Å². The second kappa shape index (κ2) is 9.37. The van der Waals surface area contributed by atoms with Gasteiger partial charge in [-0.15, -0.1) is 0 Å². The highest BCUT2D eigenvalue weighted by Gasteiger charge is 2.43. The summed E-state index contributed by atoms with van der Waals surface area (Å²) in [5, 5.41) is 11.0. The normalized spacial score (nSPS) is 15.5. The smallest absolute Gasteiger partial charge is 0.290 e. The maximum Gasteiger partial charge on any atom is 0.290 e. The third-order valence-corrected chi connectivity index (χ3v) is 6.35. The van der Waals surface area contributed by atoms with Crippen LogP contribution in [-0.4, -0.2) is 42.3 Å². The zero-order valence-electron chi connectivity index (χ0n) is 18.4. The van der Waals surface area contributed by atoms with Crippen LogP contribution in [0.5, 0.6) is 11.5 Å². The zero-order chi connectivity index (χ0) is 23.9. The molecule has 1 unspecified atom stereocenters. The largest absolute Gasteiger partial charge is 0.503 e. The van der Waals surface area contributed by atoms with Gasteiger partial charge in [-0.2, -0.15) is 0 Å². The van der Waals surface area contributed by atoms with Crippen molar-refractivity contribution in [2.45, 2.75) is 32.4 Å². The lowest BCUT2D eigenvalue weighted by atomic mass is 9.98. The van der Waals surface area contributed by atoms with Crippen LogP contribution < -0.4 is 10.2 Å². The van der Waals surface area contributed by atoms with E-state index in [1.165, 1.54) is 13.2 Å². The summed E-state index contributed by atoms with van der Waals surface area (Å²) in [5.74, 6) is -0.221. The maximum absolute atomic E-state index is 13.6. The van der Waals surface area contributed by atoms with Crippen LogP contribution in [0.3, 0.4) is 0 Å². The van der Waals surface area contributed by atoms with Gasteiger partial charge in [0.1, 0.15) is 5.58 Å². The lowest BCUT2D eigenvalue weighted by Gasteiger charge is -2.26. The van der Waals surface area contributed by atoms with E-state index in [1.807, 2.05) is 13.8 Å². The summed E-state index contributed by atoms with van der Waals surface area (Å²) in [6, 6.07) is 7.30. The fourth-order valence-corrected chi connectivity index (χ4v) is 4.66. The molecular weight excluding hydrogens is 514 g/mol. The number of methoxy groups -OCH3 is 1. The molecule has 1 atom stereocenters. The van der Waals surface area contributed by atoms with Crippen LogP contribution in [0.4, 0.5) is 0 Å². The van der Waals surface area contributed by atoms with Crippen LogP contribution in [0.2, 0.25) is 5.02 Å². The highest BCUT2D eigenvalue weighted by Crippen LogP contribution is 2.43. The van der Waals surface area contributed by atoms with E-state index >= 15 is 0 Å². The van der Waals surface area contributed by atoms with Crippen molar-refractivity contribution < 1.29 is 23.8 Å². The summed E-state index contributed by atoms with van der Waals surface area (Å²) < 4.78 is 17.2. The number of rotatable bonds is 7. The van der Waals surface area contributed by atoms with Crippen LogP contribution in [0, 0.1) is 0 Å². The molecule has 1 aliphatic rings. The number of phenolic OH excluding ortho intramolecular Hbond substituents is 1. The summed E-state index contributed by atoms with van der Waals surface area (Å²) in [6.07, 6.45) is 0.646. The maximum atomic E-state index is 13.6.